The zero-order valence-electron chi connectivity index (χ0n) is 17.3. The van der Waals surface area contributed by atoms with Gasteiger partial charge >= 0.3 is 0 Å². The second-order valence-corrected chi connectivity index (χ2v) is 7.49. The van der Waals surface area contributed by atoms with Gasteiger partial charge in [0.2, 0.25) is 5.95 Å². The third kappa shape index (κ3) is 5.21. The Bertz CT molecular complexity index is 856. The molecule has 0 radical (unpaired) electrons. The summed E-state index contributed by atoms with van der Waals surface area (Å²) >= 11 is 0. The van der Waals surface area contributed by atoms with Gasteiger partial charge in [0.05, 0.1) is 6.33 Å². The smallest absolute Gasteiger partial charge is 0.226 e. The molecule has 0 atom stereocenters. The molecule has 6 nitrogen and oxygen atoms in total. The van der Waals surface area contributed by atoms with E-state index in [1.807, 2.05) is 24.5 Å². The van der Waals surface area contributed by atoms with Gasteiger partial charge in [-0.3, -0.25) is 0 Å². The van der Waals surface area contributed by atoms with E-state index in [1.165, 1.54) is 31.2 Å². The number of benzene rings is 1. The Labute approximate surface area is 167 Å². The number of anilines is 2. The van der Waals surface area contributed by atoms with Crippen molar-refractivity contribution in [3.63, 3.8) is 0 Å². The van der Waals surface area contributed by atoms with E-state index in [1.54, 1.807) is 0 Å². The van der Waals surface area contributed by atoms with Crippen LogP contribution in [0, 0.1) is 0 Å². The first-order chi connectivity index (χ1) is 13.7. The normalized spacial score (nSPS) is 11.3. The molecule has 3 rings (SSSR count). The number of unbranched alkanes of at least 4 members (excludes halogenated alkanes) is 4. The largest absolute Gasteiger partial charge is 0.364 e. The average Bonchev–Trinajstić information content (AvgIpc) is 3.14. The fraction of sp³-hybridized carbons (Fsp3) is 0.500. The second kappa shape index (κ2) is 10.1. The fourth-order valence-corrected chi connectivity index (χ4v) is 3.21. The monoisotopic (exact) mass is 380 g/mol. The minimum absolute atomic E-state index is 0.295. The summed E-state index contributed by atoms with van der Waals surface area (Å²) in [5.41, 5.74) is 2.90. The van der Waals surface area contributed by atoms with Crippen molar-refractivity contribution in [2.24, 2.45) is 0 Å². The van der Waals surface area contributed by atoms with Gasteiger partial charge in [0.25, 0.3) is 0 Å². The Balaban J connectivity index is 1.76. The van der Waals surface area contributed by atoms with Crippen molar-refractivity contribution in [2.45, 2.75) is 65.5 Å². The summed E-state index contributed by atoms with van der Waals surface area (Å²) in [5.74, 6) is 1.45. The number of fused-ring (bicyclic) bond motifs is 1. The van der Waals surface area contributed by atoms with Gasteiger partial charge in [-0.2, -0.15) is 9.97 Å². The van der Waals surface area contributed by atoms with Crippen LogP contribution in [0.25, 0.3) is 11.2 Å². The lowest BCUT2D eigenvalue weighted by Crippen LogP contribution is -2.10. The van der Waals surface area contributed by atoms with E-state index >= 15 is 0 Å². The van der Waals surface area contributed by atoms with Crippen LogP contribution in [-0.4, -0.2) is 26.1 Å². The highest BCUT2D eigenvalue weighted by Gasteiger charge is 2.14. The first-order valence-electron chi connectivity index (χ1n) is 10.4. The van der Waals surface area contributed by atoms with E-state index < -0.39 is 0 Å². The van der Waals surface area contributed by atoms with Crippen molar-refractivity contribution >= 4 is 22.9 Å². The second-order valence-electron chi connectivity index (χ2n) is 7.49. The van der Waals surface area contributed by atoms with Crippen LogP contribution < -0.4 is 10.6 Å². The van der Waals surface area contributed by atoms with Gasteiger partial charge in [0, 0.05) is 19.1 Å². The highest BCUT2D eigenvalue weighted by molar-refractivity contribution is 5.84. The molecule has 150 valence electrons. The van der Waals surface area contributed by atoms with Gasteiger partial charge in [-0.15, -0.1) is 0 Å². The minimum atomic E-state index is 0.295. The highest BCUT2D eigenvalue weighted by Crippen LogP contribution is 2.24. The molecule has 2 aromatic heterocycles. The van der Waals surface area contributed by atoms with Crippen LogP contribution in [0.4, 0.5) is 11.8 Å². The first kappa shape index (κ1) is 20.1. The minimum Gasteiger partial charge on any atom is -0.364 e. The lowest BCUT2D eigenvalue weighted by molar-refractivity contribution is 0.612. The summed E-state index contributed by atoms with van der Waals surface area (Å²) in [7, 11) is 0. The molecule has 3 aromatic rings. The summed E-state index contributed by atoms with van der Waals surface area (Å²) in [6, 6.07) is 10.6. The molecule has 6 heteroatoms. The van der Waals surface area contributed by atoms with Crippen LogP contribution in [0.3, 0.4) is 0 Å². The molecule has 0 spiro atoms. The quantitative estimate of drug-likeness (QED) is 0.436. The van der Waals surface area contributed by atoms with E-state index in [0.717, 1.165) is 29.9 Å². The Morgan fingerprint density at radius 1 is 0.964 bits per heavy atom. The summed E-state index contributed by atoms with van der Waals surface area (Å²) in [6.45, 7) is 8.12. The summed E-state index contributed by atoms with van der Waals surface area (Å²) < 4.78 is 2.09. The Morgan fingerprint density at radius 3 is 2.50 bits per heavy atom. The topological polar surface area (TPSA) is 67.7 Å². The Hall–Kier alpha value is -2.63. The molecule has 0 fully saturated rings. The molecule has 2 N–H and O–H groups in total. The van der Waals surface area contributed by atoms with Gasteiger partial charge in [0.15, 0.2) is 17.0 Å². The maximum absolute atomic E-state index is 4.74. The summed E-state index contributed by atoms with van der Waals surface area (Å²) in [4.78, 5) is 14.0. The highest BCUT2D eigenvalue weighted by atomic mass is 15.2. The molecule has 0 aliphatic carbocycles. The number of aromatic nitrogens is 4. The summed E-state index contributed by atoms with van der Waals surface area (Å²) in [6.07, 6.45) is 8.10. The van der Waals surface area contributed by atoms with E-state index in [2.05, 4.69) is 53.1 Å². The average molecular weight is 381 g/mol. The number of hydrogen-bond acceptors (Lipinski definition) is 5. The maximum Gasteiger partial charge on any atom is 0.226 e. The predicted octanol–water partition coefficient (Wildman–Crippen LogP) is 5.40. The number of nitrogens with one attached hydrogen (secondary N) is 2. The van der Waals surface area contributed by atoms with Gasteiger partial charge in [-0.1, -0.05) is 62.9 Å². The van der Waals surface area contributed by atoms with Crippen molar-refractivity contribution in [3.05, 3.63) is 42.2 Å². The number of hydrogen-bond donors (Lipinski definition) is 2. The van der Waals surface area contributed by atoms with Gasteiger partial charge in [0.1, 0.15) is 0 Å². The molecule has 0 saturated carbocycles. The Kier molecular flexibility index (Phi) is 7.23. The number of rotatable bonds is 11. The van der Waals surface area contributed by atoms with Gasteiger partial charge in [-0.05, 0) is 25.8 Å². The lowest BCUT2D eigenvalue weighted by Gasteiger charge is -2.12. The Morgan fingerprint density at radius 2 is 1.75 bits per heavy atom. The van der Waals surface area contributed by atoms with Crippen molar-refractivity contribution in [1.82, 2.24) is 19.5 Å². The third-order valence-corrected chi connectivity index (χ3v) is 4.84. The van der Waals surface area contributed by atoms with E-state index in [0.29, 0.717) is 18.5 Å². The molecule has 2 heterocycles. The van der Waals surface area contributed by atoms with Crippen molar-refractivity contribution in [1.29, 1.82) is 0 Å². The van der Waals surface area contributed by atoms with Crippen LogP contribution >= 0.6 is 0 Å². The number of nitrogens with zero attached hydrogens (tertiary/aromatic N) is 4. The number of imidazole rings is 1. The molecule has 0 aliphatic heterocycles. The van der Waals surface area contributed by atoms with Gasteiger partial charge in [-0.25, -0.2) is 4.98 Å². The predicted molar refractivity (Wildman–Crippen MR) is 117 cm³/mol. The molecule has 0 unspecified atom stereocenters. The molecular weight excluding hydrogens is 348 g/mol. The molecule has 0 amide bonds. The molecule has 1 aromatic carbocycles. The fourth-order valence-electron chi connectivity index (χ4n) is 3.21. The molecule has 28 heavy (non-hydrogen) atoms. The molecule has 0 bridgehead atoms. The molecule has 0 saturated heterocycles. The van der Waals surface area contributed by atoms with Crippen molar-refractivity contribution in [3.8, 4) is 0 Å². The zero-order valence-corrected chi connectivity index (χ0v) is 17.3. The van der Waals surface area contributed by atoms with E-state index in [4.69, 9.17) is 9.97 Å². The van der Waals surface area contributed by atoms with Crippen LogP contribution in [0.15, 0.2) is 36.7 Å². The van der Waals surface area contributed by atoms with E-state index in [-0.39, 0.29) is 0 Å². The van der Waals surface area contributed by atoms with Crippen LogP contribution in [-0.2, 0) is 6.54 Å². The maximum atomic E-state index is 4.74. The van der Waals surface area contributed by atoms with Crippen molar-refractivity contribution in [2.75, 3.05) is 17.2 Å². The zero-order chi connectivity index (χ0) is 19.8. The third-order valence-electron chi connectivity index (χ3n) is 4.84. The van der Waals surface area contributed by atoms with E-state index in [9.17, 15) is 0 Å². The van der Waals surface area contributed by atoms with Crippen LogP contribution in [0.5, 0.6) is 0 Å². The standard InChI is InChI=1S/C22H32N6/c1-4-5-6-7-11-14-23-22-26-20(24-15-18-12-9-8-10-13-18)19-21(27-22)28(16-25-19)17(2)3/h8-10,12-13,16-17H,4-7,11,14-15H2,1-3H3,(H2,23,24,26,27). The van der Waals surface area contributed by atoms with Crippen LogP contribution in [0.1, 0.15) is 64.5 Å². The van der Waals surface area contributed by atoms with Crippen LogP contribution in [0.2, 0.25) is 0 Å². The first-order valence-corrected chi connectivity index (χ1v) is 10.4. The molecular formula is C22H32N6. The van der Waals surface area contributed by atoms with Crippen molar-refractivity contribution < 1.29 is 0 Å². The summed E-state index contributed by atoms with van der Waals surface area (Å²) in [5, 5.41) is 6.85. The van der Waals surface area contributed by atoms with Gasteiger partial charge < -0.3 is 15.2 Å². The molecule has 0 aliphatic rings. The SMILES string of the molecule is CCCCCCCNc1nc(NCc2ccccc2)c2ncn(C(C)C)c2n1. The lowest BCUT2D eigenvalue weighted by atomic mass is 10.1.